The highest BCUT2D eigenvalue weighted by molar-refractivity contribution is 7.89. The van der Waals surface area contributed by atoms with Crippen molar-refractivity contribution in [3.63, 3.8) is 0 Å². The topological polar surface area (TPSA) is 75.5 Å². The number of nitrogens with zero attached hydrogens (tertiary/aromatic N) is 2. The lowest BCUT2D eigenvalue weighted by molar-refractivity contribution is 0.317. The standard InChI is InChI=1S/C13H22N4O2S2/c1-6-14-10-11(17-7-8-20-12(17)15-10)21(18,19)16-9(2)13(3,4)5/h7-9,14,16H,6H2,1-5H3. The van der Waals surface area contributed by atoms with E-state index in [-0.39, 0.29) is 16.5 Å². The first-order valence-corrected chi connectivity index (χ1v) is 9.25. The van der Waals surface area contributed by atoms with E-state index in [0.717, 1.165) is 0 Å². The predicted molar refractivity (Wildman–Crippen MR) is 86.5 cm³/mol. The summed E-state index contributed by atoms with van der Waals surface area (Å²) < 4.78 is 29.9. The highest BCUT2D eigenvalue weighted by atomic mass is 32.2. The van der Waals surface area contributed by atoms with Crippen LogP contribution in [0.5, 0.6) is 0 Å². The van der Waals surface area contributed by atoms with Crippen molar-refractivity contribution in [3.05, 3.63) is 11.6 Å². The summed E-state index contributed by atoms with van der Waals surface area (Å²) in [6.07, 6.45) is 1.73. The quantitative estimate of drug-likeness (QED) is 0.883. The first-order chi connectivity index (χ1) is 9.66. The minimum atomic E-state index is -3.65. The largest absolute Gasteiger partial charge is 0.368 e. The SMILES string of the molecule is CCNc1nc2sccn2c1S(=O)(=O)NC(C)C(C)(C)C. The molecule has 2 aromatic rings. The van der Waals surface area contributed by atoms with Gasteiger partial charge in [0.1, 0.15) is 0 Å². The van der Waals surface area contributed by atoms with Gasteiger partial charge >= 0.3 is 0 Å². The first kappa shape index (κ1) is 16.3. The van der Waals surface area contributed by atoms with Gasteiger partial charge in [-0.25, -0.2) is 18.1 Å². The molecule has 8 heteroatoms. The molecule has 0 aliphatic carbocycles. The second-order valence-corrected chi connectivity index (χ2v) is 8.56. The molecule has 6 nitrogen and oxygen atoms in total. The Kier molecular flexibility index (Phi) is 4.32. The van der Waals surface area contributed by atoms with E-state index in [2.05, 4.69) is 15.0 Å². The maximum Gasteiger partial charge on any atom is 0.260 e. The van der Waals surface area contributed by atoms with Crippen LogP contribution >= 0.6 is 11.3 Å². The monoisotopic (exact) mass is 330 g/mol. The normalized spacial score (nSPS) is 14.5. The van der Waals surface area contributed by atoms with Gasteiger partial charge < -0.3 is 5.32 Å². The third kappa shape index (κ3) is 3.22. The number of rotatable bonds is 5. The van der Waals surface area contributed by atoms with Crippen LogP contribution in [-0.4, -0.2) is 30.4 Å². The average Bonchev–Trinajstić information content (AvgIpc) is 2.86. The fourth-order valence-corrected chi connectivity index (χ4v) is 4.25. The van der Waals surface area contributed by atoms with Gasteiger partial charge in [-0.1, -0.05) is 20.8 Å². The third-order valence-corrected chi connectivity index (χ3v) is 5.77. The van der Waals surface area contributed by atoms with Crippen LogP contribution in [0.4, 0.5) is 5.82 Å². The zero-order valence-electron chi connectivity index (χ0n) is 13.0. The van der Waals surface area contributed by atoms with Crippen molar-refractivity contribution < 1.29 is 8.42 Å². The third-order valence-electron chi connectivity index (χ3n) is 3.45. The molecule has 0 aliphatic heterocycles. The number of thiazole rings is 1. The smallest absolute Gasteiger partial charge is 0.260 e. The molecule has 1 atom stereocenters. The first-order valence-electron chi connectivity index (χ1n) is 6.88. The molecule has 2 N–H and O–H groups in total. The van der Waals surface area contributed by atoms with Crippen LogP contribution in [0.15, 0.2) is 16.6 Å². The van der Waals surface area contributed by atoms with E-state index >= 15 is 0 Å². The maximum absolute atomic E-state index is 12.8. The second-order valence-electron chi connectivity index (χ2n) is 6.06. The summed E-state index contributed by atoms with van der Waals surface area (Å²) in [5.41, 5.74) is -0.163. The molecular formula is C13H22N4O2S2. The molecule has 2 aromatic heterocycles. The number of hydrogen-bond acceptors (Lipinski definition) is 5. The van der Waals surface area contributed by atoms with Crippen LogP contribution in [0, 0.1) is 5.41 Å². The van der Waals surface area contributed by atoms with E-state index in [9.17, 15) is 8.42 Å². The summed E-state index contributed by atoms with van der Waals surface area (Å²) in [7, 11) is -3.65. The number of aromatic nitrogens is 2. The lowest BCUT2D eigenvalue weighted by atomic mass is 9.89. The molecule has 0 amide bonds. The molecule has 21 heavy (non-hydrogen) atoms. The number of anilines is 1. The summed E-state index contributed by atoms with van der Waals surface area (Å²) in [6, 6.07) is -0.193. The van der Waals surface area contributed by atoms with Crippen molar-refractivity contribution in [2.75, 3.05) is 11.9 Å². The van der Waals surface area contributed by atoms with Gasteiger partial charge in [0.25, 0.3) is 10.0 Å². The van der Waals surface area contributed by atoms with Crippen LogP contribution in [0.1, 0.15) is 34.6 Å². The van der Waals surface area contributed by atoms with Gasteiger partial charge in [-0.3, -0.25) is 4.40 Å². The summed E-state index contributed by atoms with van der Waals surface area (Å²) in [5, 5.41) is 5.03. The molecule has 2 heterocycles. The minimum Gasteiger partial charge on any atom is -0.368 e. The van der Waals surface area contributed by atoms with E-state index in [0.29, 0.717) is 17.3 Å². The lowest BCUT2D eigenvalue weighted by Gasteiger charge is -2.27. The van der Waals surface area contributed by atoms with Crippen molar-refractivity contribution in [1.82, 2.24) is 14.1 Å². The Labute approximate surface area is 129 Å². The Morgan fingerprint density at radius 2 is 2.10 bits per heavy atom. The lowest BCUT2D eigenvalue weighted by Crippen LogP contribution is -2.41. The Bertz CT molecular complexity index is 725. The Hall–Kier alpha value is -1.12. The zero-order valence-corrected chi connectivity index (χ0v) is 14.6. The van der Waals surface area contributed by atoms with Gasteiger partial charge in [0.2, 0.25) is 0 Å². The van der Waals surface area contributed by atoms with E-state index in [1.807, 2.05) is 40.0 Å². The molecule has 0 aromatic carbocycles. The van der Waals surface area contributed by atoms with Crippen LogP contribution in [0.2, 0.25) is 0 Å². The van der Waals surface area contributed by atoms with Gasteiger partial charge in [0, 0.05) is 24.2 Å². The molecular weight excluding hydrogens is 308 g/mol. The Morgan fingerprint density at radius 3 is 2.67 bits per heavy atom. The van der Waals surface area contributed by atoms with Gasteiger partial charge in [0.05, 0.1) is 0 Å². The van der Waals surface area contributed by atoms with E-state index in [1.165, 1.54) is 11.3 Å². The van der Waals surface area contributed by atoms with E-state index < -0.39 is 10.0 Å². The van der Waals surface area contributed by atoms with Crippen LogP contribution in [0.25, 0.3) is 4.96 Å². The van der Waals surface area contributed by atoms with Crippen molar-refractivity contribution in [1.29, 1.82) is 0 Å². The molecule has 0 aliphatic rings. The molecule has 0 spiro atoms. The van der Waals surface area contributed by atoms with Crippen molar-refractivity contribution in [3.8, 4) is 0 Å². The number of hydrogen-bond donors (Lipinski definition) is 2. The zero-order chi connectivity index (χ0) is 15.8. The second kappa shape index (κ2) is 5.58. The molecule has 1 unspecified atom stereocenters. The van der Waals surface area contributed by atoms with Gasteiger partial charge in [0.15, 0.2) is 15.8 Å². The Balaban J connectivity index is 2.48. The van der Waals surface area contributed by atoms with Crippen molar-refractivity contribution in [2.45, 2.75) is 45.7 Å². The fourth-order valence-electron chi connectivity index (χ4n) is 1.77. The van der Waals surface area contributed by atoms with E-state index in [4.69, 9.17) is 0 Å². The molecule has 2 rings (SSSR count). The highest BCUT2D eigenvalue weighted by Gasteiger charge is 2.30. The van der Waals surface area contributed by atoms with Gasteiger partial charge in [-0.2, -0.15) is 0 Å². The molecule has 0 saturated heterocycles. The van der Waals surface area contributed by atoms with Gasteiger partial charge in [-0.15, -0.1) is 11.3 Å². The highest BCUT2D eigenvalue weighted by Crippen LogP contribution is 2.27. The number of imidazole rings is 1. The van der Waals surface area contributed by atoms with Crippen LogP contribution in [0.3, 0.4) is 0 Å². The summed E-state index contributed by atoms with van der Waals surface area (Å²) in [5.74, 6) is 0.401. The summed E-state index contributed by atoms with van der Waals surface area (Å²) in [4.78, 5) is 5.01. The summed E-state index contributed by atoms with van der Waals surface area (Å²) >= 11 is 1.41. The van der Waals surface area contributed by atoms with Crippen molar-refractivity contribution >= 4 is 32.1 Å². The predicted octanol–water partition coefficient (Wildman–Crippen LogP) is 2.54. The summed E-state index contributed by atoms with van der Waals surface area (Å²) in [6.45, 7) is 10.4. The number of sulfonamides is 1. The van der Waals surface area contributed by atoms with Crippen LogP contribution in [-0.2, 0) is 10.0 Å². The molecule has 0 saturated carbocycles. The van der Waals surface area contributed by atoms with Gasteiger partial charge in [-0.05, 0) is 19.3 Å². The molecule has 0 radical (unpaired) electrons. The molecule has 0 bridgehead atoms. The number of nitrogens with one attached hydrogen (secondary N) is 2. The average molecular weight is 330 g/mol. The molecule has 118 valence electrons. The Morgan fingerprint density at radius 1 is 1.43 bits per heavy atom. The minimum absolute atomic E-state index is 0.163. The maximum atomic E-state index is 12.8. The van der Waals surface area contributed by atoms with Crippen LogP contribution < -0.4 is 10.0 Å². The van der Waals surface area contributed by atoms with E-state index in [1.54, 1.807) is 10.6 Å². The fraction of sp³-hybridized carbons (Fsp3) is 0.615. The van der Waals surface area contributed by atoms with Crippen molar-refractivity contribution in [2.24, 2.45) is 5.41 Å². The molecule has 0 fully saturated rings. The number of fused-ring (bicyclic) bond motifs is 1.